The number of amides is 2. The van der Waals surface area contributed by atoms with Crippen LogP contribution < -0.4 is 15.4 Å². The number of sulfonamides is 1. The molecule has 0 saturated heterocycles. The van der Waals surface area contributed by atoms with Crippen LogP contribution in [0.25, 0.3) is 6.08 Å². The first-order chi connectivity index (χ1) is 12.3. The zero-order chi connectivity index (χ0) is 19.2. The van der Waals surface area contributed by atoms with Gasteiger partial charge in [0, 0.05) is 12.6 Å². The Balaban J connectivity index is 2.22. The summed E-state index contributed by atoms with van der Waals surface area (Å²) in [5.41, 5.74) is 1.23. The zero-order valence-electron chi connectivity index (χ0n) is 14.3. The summed E-state index contributed by atoms with van der Waals surface area (Å²) in [7, 11) is -2.23. The minimum atomic E-state index is -3.55. The molecule has 3 N–H and O–H groups in total. The number of rotatable bonds is 6. The molecule has 0 aliphatic rings. The highest BCUT2D eigenvalue weighted by atomic mass is 32.2. The molecule has 0 radical (unpaired) electrons. The maximum absolute atomic E-state index is 12.5. The summed E-state index contributed by atoms with van der Waals surface area (Å²) >= 11 is 0. The molecule has 136 valence electrons. The highest BCUT2D eigenvalue weighted by Gasteiger charge is 2.14. The molecule has 0 atom stereocenters. The van der Waals surface area contributed by atoms with Gasteiger partial charge in [-0.25, -0.2) is 13.1 Å². The predicted molar refractivity (Wildman–Crippen MR) is 99.6 cm³/mol. The average Bonchev–Trinajstić information content (AvgIpc) is 2.62. The first-order valence-corrected chi connectivity index (χ1v) is 9.19. The molecule has 8 heteroatoms. The Morgan fingerprint density at radius 3 is 2.12 bits per heavy atom. The molecule has 0 aliphatic carbocycles. The van der Waals surface area contributed by atoms with Crippen molar-refractivity contribution in [3.63, 3.8) is 0 Å². The fraction of sp³-hybridized carbons (Fsp3) is 0.111. The van der Waals surface area contributed by atoms with Crippen molar-refractivity contribution in [2.24, 2.45) is 0 Å². The molecule has 2 rings (SSSR count). The maximum atomic E-state index is 12.5. The van der Waals surface area contributed by atoms with E-state index in [2.05, 4.69) is 15.4 Å². The molecule has 7 nitrogen and oxygen atoms in total. The van der Waals surface area contributed by atoms with Gasteiger partial charge in [0.25, 0.3) is 5.91 Å². The molecule has 2 aromatic rings. The maximum Gasteiger partial charge on any atom is 0.272 e. The van der Waals surface area contributed by atoms with Crippen molar-refractivity contribution in [2.45, 2.75) is 11.8 Å². The van der Waals surface area contributed by atoms with Gasteiger partial charge in [-0.2, -0.15) is 0 Å². The van der Waals surface area contributed by atoms with Gasteiger partial charge in [-0.3, -0.25) is 9.59 Å². The molecular formula is C18H19N3O4S. The molecular weight excluding hydrogens is 354 g/mol. The topological polar surface area (TPSA) is 104 Å². The second kappa shape index (κ2) is 8.41. The van der Waals surface area contributed by atoms with Gasteiger partial charge in [-0.15, -0.1) is 0 Å². The van der Waals surface area contributed by atoms with E-state index >= 15 is 0 Å². The van der Waals surface area contributed by atoms with Gasteiger partial charge in [0.15, 0.2) is 0 Å². The highest BCUT2D eigenvalue weighted by Crippen LogP contribution is 2.15. The third kappa shape index (κ3) is 5.27. The molecule has 0 aliphatic heterocycles. The quantitative estimate of drug-likeness (QED) is 0.671. The fourth-order valence-corrected chi connectivity index (χ4v) is 2.83. The summed E-state index contributed by atoms with van der Waals surface area (Å²) in [5, 5.41) is 5.12. The fourth-order valence-electron chi connectivity index (χ4n) is 2.10. The molecule has 0 heterocycles. The van der Waals surface area contributed by atoms with E-state index in [0.29, 0.717) is 5.69 Å². The number of nitrogens with one attached hydrogen (secondary N) is 3. The number of anilines is 1. The van der Waals surface area contributed by atoms with Crippen LogP contribution in [0, 0.1) is 0 Å². The Morgan fingerprint density at radius 2 is 1.58 bits per heavy atom. The SMILES string of the molecule is CNS(=O)(=O)c1ccc(NC(=O)/C(=C/c2ccccc2)NC(C)=O)cc1. The van der Waals surface area contributed by atoms with Crippen molar-refractivity contribution < 1.29 is 18.0 Å². The van der Waals surface area contributed by atoms with E-state index in [1.54, 1.807) is 18.2 Å². The third-order valence-electron chi connectivity index (χ3n) is 3.36. The molecule has 0 unspecified atom stereocenters. The molecule has 2 aromatic carbocycles. The van der Waals surface area contributed by atoms with Crippen molar-refractivity contribution in [2.75, 3.05) is 12.4 Å². The van der Waals surface area contributed by atoms with Gasteiger partial charge in [0.1, 0.15) is 5.70 Å². The molecule has 2 amide bonds. The van der Waals surface area contributed by atoms with Crippen LogP contribution in [-0.2, 0) is 19.6 Å². The van der Waals surface area contributed by atoms with E-state index in [0.717, 1.165) is 5.56 Å². The van der Waals surface area contributed by atoms with Crippen molar-refractivity contribution in [3.8, 4) is 0 Å². The summed E-state index contributed by atoms with van der Waals surface area (Å²) in [6.45, 7) is 1.31. The summed E-state index contributed by atoms with van der Waals surface area (Å²) < 4.78 is 25.6. The van der Waals surface area contributed by atoms with Crippen LogP contribution in [0.2, 0.25) is 0 Å². The lowest BCUT2D eigenvalue weighted by Crippen LogP contribution is -2.29. The van der Waals surface area contributed by atoms with Gasteiger partial charge >= 0.3 is 0 Å². The number of carbonyl (C=O) groups excluding carboxylic acids is 2. The predicted octanol–water partition coefficient (Wildman–Crippen LogP) is 1.71. The number of hydrogen-bond donors (Lipinski definition) is 3. The number of hydrogen-bond acceptors (Lipinski definition) is 4. The van der Waals surface area contributed by atoms with Crippen LogP contribution in [0.1, 0.15) is 12.5 Å². The smallest absolute Gasteiger partial charge is 0.272 e. The molecule has 0 spiro atoms. The first kappa shape index (κ1) is 19.4. The van der Waals surface area contributed by atoms with Crippen LogP contribution in [0.3, 0.4) is 0 Å². The van der Waals surface area contributed by atoms with Crippen LogP contribution >= 0.6 is 0 Å². The minimum Gasteiger partial charge on any atom is -0.322 e. The van der Waals surface area contributed by atoms with Crippen LogP contribution in [-0.4, -0.2) is 27.3 Å². The van der Waals surface area contributed by atoms with Crippen LogP contribution in [0.15, 0.2) is 65.2 Å². The first-order valence-electron chi connectivity index (χ1n) is 7.71. The number of benzene rings is 2. The highest BCUT2D eigenvalue weighted by molar-refractivity contribution is 7.89. The van der Waals surface area contributed by atoms with Crippen molar-refractivity contribution in [1.29, 1.82) is 0 Å². The average molecular weight is 373 g/mol. The van der Waals surface area contributed by atoms with Gasteiger partial charge in [0.2, 0.25) is 15.9 Å². The van der Waals surface area contributed by atoms with Gasteiger partial charge < -0.3 is 10.6 Å². The molecule has 0 saturated carbocycles. The van der Waals surface area contributed by atoms with E-state index in [-0.39, 0.29) is 16.5 Å². The molecule has 26 heavy (non-hydrogen) atoms. The largest absolute Gasteiger partial charge is 0.322 e. The van der Waals surface area contributed by atoms with E-state index in [1.165, 1.54) is 38.2 Å². The monoisotopic (exact) mass is 373 g/mol. The minimum absolute atomic E-state index is 0.0793. The second-order valence-corrected chi connectivity index (χ2v) is 7.22. The standard InChI is InChI=1S/C18H19N3O4S/c1-13(22)20-17(12-14-6-4-3-5-7-14)18(23)21-15-8-10-16(11-9-15)26(24,25)19-2/h3-12,19H,1-2H3,(H,20,22)(H,21,23)/b17-12-. The van der Waals surface area contributed by atoms with Crippen molar-refractivity contribution in [3.05, 3.63) is 65.9 Å². The van der Waals surface area contributed by atoms with Crippen LogP contribution in [0.4, 0.5) is 5.69 Å². The summed E-state index contributed by atoms with van der Waals surface area (Å²) in [6, 6.07) is 14.8. The molecule has 0 bridgehead atoms. The summed E-state index contributed by atoms with van der Waals surface area (Å²) in [6.07, 6.45) is 1.55. The van der Waals surface area contributed by atoms with E-state index < -0.39 is 15.9 Å². The lowest BCUT2D eigenvalue weighted by molar-refractivity contribution is -0.120. The van der Waals surface area contributed by atoms with Gasteiger partial charge in [0.05, 0.1) is 4.90 Å². The third-order valence-corrected chi connectivity index (χ3v) is 4.79. The van der Waals surface area contributed by atoms with Crippen molar-refractivity contribution >= 4 is 33.6 Å². The Labute approximate surface area is 152 Å². The summed E-state index contributed by atoms with van der Waals surface area (Å²) in [4.78, 5) is 23.9. The Hall–Kier alpha value is -2.97. The Bertz CT molecular complexity index is 921. The lowest BCUT2D eigenvalue weighted by atomic mass is 10.2. The van der Waals surface area contributed by atoms with Gasteiger partial charge in [-0.05, 0) is 43.0 Å². The van der Waals surface area contributed by atoms with Crippen LogP contribution in [0.5, 0.6) is 0 Å². The van der Waals surface area contributed by atoms with E-state index in [1.807, 2.05) is 18.2 Å². The Morgan fingerprint density at radius 1 is 0.962 bits per heavy atom. The molecule has 0 fully saturated rings. The van der Waals surface area contributed by atoms with Gasteiger partial charge in [-0.1, -0.05) is 30.3 Å². The molecule has 0 aromatic heterocycles. The van der Waals surface area contributed by atoms with E-state index in [9.17, 15) is 18.0 Å². The Kier molecular flexibility index (Phi) is 6.26. The normalized spacial score (nSPS) is 11.7. The number of carbonyl (C=O) groups is 2. The zero-order valence-corrected chi connectivity index (χ0v) is 15.1. The van der Waals surface area contributed by atoms with E-state index in [4.69, 9.17) is 0 Å². The lowest BCUT2D eigenvalue weighted by Gasteiger charge is -2.10. The van der Waals surface area contributed by atoms with Crippen molar-refractivity contribution in [1.82, 2.24) is 10.0 Å². The summed E-state index contributed by atoms with van der Waals surface area (Å²) in [5.74, 6) is -0.897. The second-order valence-electron chi connectivity index (χ2n) is 5.34.